The van der Waals surface area contributed by atoms with E-state index < -0.39 is 0 Å². The zero-order valence-corrected chi connectivity index (χ0v) is 7.03. The Bertz CT molecular complexity index is 174. The van der Waals surface area contributed by atoms with Gasteiger partial charge in [0.1, 0.15) is 0 Å². The van der Waals surface area contributed by atoms with Crippen LogP contribution in [0.15, 0.2) is 17.5 Å². The van der Waals surface area contributed by atoms with Crippen LogP contribution in [0.3, 0.4) is 0 Å². The van der Waals surface area contributed by atoms with Gasteiger partial charge in [-0.05, 0) is 17.9 Å². The van der Waals surface area contributed by atoms with Gasteiger partial charge in [0.05, 0.1) is 6.10 Å². The Hall–Kier alpha value is -0.0500. The third-order valence-corrected chi connectivity index (χ3v) is 2.45. The van der Waals surface area contributed by atoms with E-state index in [1.807, 2.05) is 17.5 Å². The van der Waals surface area contributed by atoms with E-state index in [0.29, 0.717) is 12.3 Å². The second-order valence-corrected chi connectivity index (χ2v) is 3.37. The quantitative estimate of drug-likeness (QED) is 0.702. The Balaban J connectivity index is 2.50. The molecule has 1 N–H and O–H groups in total. The summed E-state index contributed by atoms with van der Waals surface area (Å²) in [5, 5.41) is 11.3. The van der Waals surface area contributed by atoms with Gasteiger partial charge in [-0.25, -0.2) is 0 Å². The van der Waals surface area contributed by atoms with Gasteiger partial charge in [0, 0.05) is 10.8 Å². The predicted octanol–water partition coefficient (Wildman–Crippen LogP) is 2.41. The summed E-state index contributed by atoms with van der Waals surface area (Å²) in [6.07, 6.45) is 0.278. The summed E-state index contributed by atoms with van der Waals surface area (Å²) < 4.78 is 0. The number of rotatable bonds is 3. The summed E-state index contributed by atoms with van der Waals surface area (Å²) in [5.41, 5.74) is 0. The third kappa shape index (κ3) is 1.97. The number of hydrogen-bond acceptors (Lipinski definition) is 2. The molecule has 0 bridgehead atoms. The highest BCUT2D eigenvalue weighted by Gasteiger charge is 2.05. The van der Waals surface area contributed by atoms with Crippen LogP contribution in [0.5, 0.6) is 0 Å². The van der Waals surface area contributed by atoms with E-state index >= 15 is 0 Å². The molecule has 0 aliphatic rings. The summed E-state index contributed by atoms with van der Waals surface area (Å²) in [5.74, 6) is 0.513. The summed E-state index contributed by atoms with van der Waals surface area (Å²) in [6, 6.07) is 3.85. The second-order valence-electron chi connectivity index (χ2n) is 2.01. The molecule has 0 unspecified atom stereocenters. The van der Waals surface area contributed by atoms with Gasteiger partial charge in [-0.2, -0.15) is 0 Å². The highest BCUT2D eigenvalue weighted by atomic mass is 35.5. The van der Waals surface area contributed by atoms with Crippen molar-refractivity contribution >= 4 is 22.9 Å². The van der Waals surface area contributed by atoms with Crippen molar-refractivity contribution in [3.63, 3.8) is 0 Å². The number of thiophene rings is 1. The van der Waals surface area contributed by atoms with E-state index in [0.717, 1.165) is 4.88 Å². The molecule has 1 aromatic heterocycles. The minimum atomic E-state index is -0.363. The number of hydrogen-bond donors (Lipinski definition) is 1. The Kier molecular flexibility index (Phi) is 3.19. The highest BCUT2D eigenvalue weighted by Crippen LogP contribution is 2.21. The predicted molar refractivity (Wildman–Crippen MR) is 44.6 cm³/mol. The van der Waals surface area contributed by atoms with Gasteiger partial charge in [-0.15, -0.1) is 22.9 Å². The van der Waals surface area contributed by atoms with Gasteiger partial charge in [0.2, 0.25) is 0 Å². The number of aliphatic hydroxyl groups is 1. The van der Waals surface area contributed by atoms with Crippen LogP contribution in [0.2, 0.25) is 0 Å². The van der Waals surface area contributed by atoms with Crippen molar-refractivity contribution in [1.82, 2.24) is 0 Å². The molecule has 0 spiro atoms. The summed E-state index contributed by atoms with van der Waals surface area (Å²) in [7, 11) is 0. The van der Waals surface area contributed by atoms with Gasteiger partial charge in [0.15, 0.2) is 0 Å². The minimum Gasteiger partial charge on any atom is -0.388 e. The molecule has 1 rings (SSSR count). The largest absolute Gasteiger partial charge is 0.388 e. The molecule has 1 atom stereocenters. The smallest absolute Gasteiger partial charge is 0.0893 e. The Morgan fingerprint density at radius 2 is 2.50 bits per heavy atom. The maximum Gasteiger partial charge on any atom is 0.0893 e. The summed E-state index contributed by atoms with van der Waals surface area (Å²) in [4.78, 5) is 1.00. The van der Waals surface area contributed by atoms with Crippen LogP contribution in [-0.2, 0) is 0 Å². The Morgan fingerprint density at radius 3 is 3.00 bits per heavy atom. The van der Waals surface area contributed by atoms with Crippen LogP contribution in [0.1, 0.15) is 17.4 Å². The zero-order valence-electron chi connectivity index (χ0n) is 5.46. The molecule has 0 fully saturated rings. The second kappa shape index (κ2) is 3.96. The lowest BCUT2D eigenvalue weighted by atomic mass is 10.2. The fourth-order valence-corrected chi connectivity index (χ4v) is 1.68. The molecule has 1 aromatic rings. The molecule has 0 aromatic carbocycles. The standard InChI is InChI=1S/C7H9ClOS/c8-4-3-6(9)7-2-1-5-10-7/h1-2,5-6,9H,3-4H2/t6-/m1/s1. The molecule has 0 aliphatic carbocycles. The number of aliphatic hydroxyl groups excluding tert-OH is 1. The molecule has 0 saturated carbocycles. The van der Waals surface area contributed by atoms with E-state index in [9.17, 15) is 5.11 Å². The van der Waals surface area contributed by atoms with Crippen molar-refractivity contribution in [2.75, 3.05) is 5.88 Å². The van der Waals surface area contributed by atoms with Crippen LogP contribution in [-0.4, -0.2) is 11.0 Å². The molecule has 0 saturated heterocycles. The van der Waals surface area contributed by atoms with Crippen molar-refractivity contribution in [2.24, 2.45) is 0 Å². The van der Waals surface area contributed by atoms with Crippen LogP contribution < -0.4 is 0 Å². The first-order valence-electron chi connectivity index (χ1n) is 3.12. The molecule has 1 heterocycles. The molecule has 10 heavy (non-hydrogen) atoms. The van der Waals surface area contributed by atoms with E-state index in [1.165, 1.54) is 0 Å². The zero-order chi connectivity index (χ0) is 7.40. The lowest BCUT2D eigenvalue weighted by Crippen LogP contribution is -1.93. The first-order valence-corrected chi connectivity index (χ1v) is 4.53. The van der Waals surface area contributed by atoms with Crippen LogP contribution in [0.25, 0.3) is 0 Å². The summed E-state index contributed by atoms with van der Waals surface area (Å²) >= 11 is 7.02. The topological polar surface area (TPSA) is 20.2 Å². The SMILES string of the molecule is O[C@H](CCCl)c1cccs1. The number of halogens is 1. The minimum absolute atomic E-state index is 0.363. The average Bonchev–Trinajstić information content (AvgIpc) is 2.38. The number of alkyl halides is 1. The summed E-state index contributed by atoms with van der Waals surface area (Å²) in [6.45, 7) is 0. The van der Waals surface area contributed by atoms with Crippen LogP contribution in [0.4, 0.5) is 0 Å². The average molecular weight is 177 g/mol. The molecule has 3 heteroatoms. The molecule has 0 radical (unpaired) electrons. The molecule has 1 nitrogen and oxygen atoms in total. The van der Waals surface area contributed by atoms with Crippen molar-refractivity contribution < 1.29 is 5.11 Å². The lowest BCUT2D eigenvalue weighted by molar-refractivity contribution is 0.178. The molecular formula is C7H9ClOS. The fourth-order valence-electron chi connectivity index (χ4n) is 0.726. The molecule has 0 aliphatic heterocycles. The van der Waals surface area contributed by atoms with Crippen molar-refractivity contribution in [3.05, 3.63) is 22.4 Å². The molecule has 56 valence electrons. The first-order chi connectivity index (χ1) is 4.84. The van der Waals surface area contributed by atoms with Crippen LogP contribution in [0, 0.1) is 0 Å². The molecule has 0 amide bonds. The van der Waals surface area contributed by atoms with Crippen LogP contribution >= 0.6 is 22.9 Å². The van der Waals surface area contributed by atoms with Crippen molar-refractivity contribution in [1.29, 1.82) is 0 Å². The van der Waals surface area contributed by atoms with Crippen molar-refractivity contribution in [3.8, 4) is 0 Å². The maximum absolute atomic E-state index is 9.34. The van der Waals surface area contributed by atoms with Gasteiger partial charge in [-0.3, -0.25) is 0 Å². The van der Waals surface area contributed by atoms with Gasteiger partial charge < -0.3 is 5.11 Å². The monoisotopic (exact) mass is 176 g/mol. The first kappa shape index (κ1) is 8.05. The normalized spacial score (nSPS) is 13.4. The Morgan fingerprint density at radius 1 is 1.70 bits per heavy atom. The molecular weight excluding hydrogens is 168 g/mol. The fraction of sp³-hybridized carbons (Fsp3) is 0.429. The lowest BCUT2D eigenvalue weighted by Gasteiger charge is -2.03. The van der Waals surface area contributed by atoms with Gasteiger partial charge in [0.25, 0.3) is 0 Å². The van der Waals surface area contributed by atoms with E-state index in [2.05, 4.69) is 0 Å². The highest BCUT2D eigenvalue weighted by molar-refractivity contribution is 7.10. The van der Waals surface area contributed by atoms with Gasteiger partial charge in [-0.1, -0.05) is 6.07 Å². The maximum atomic E-state index is 9.34. The van der Waals surface area contributed by atoms with Crippen molar-refractivity contribution in [2.45, 2.75) is 12.5 Å². The van der Waals surface area contributed by atoms with Gasteiger partial charge >= 0.3 is 0 Å². The van der Waals surface area contributed by atoms with E-state index in [-0.39, 0.29) is 6.10 Å². The third-order valence-electron chi connectivity index (χ3n) is 1.25. The Labute approximate surface area is 69.3 Å². The van der Waals surface area contributed by atoms with E-state index in [4.69, 9.17) is 11.6 Å². The van der Waals surface area contributed by atoms with E-state index in [1.54, 1.807) is 11.3 Å².